The zero-order valence-corrected chi connectivity index (χ0v) is 9.05. The molecule has 2 heteroatoms. The van der Waals surface area contributed by atoms with Crippen molar-refractivity contribution < 1.29 is 4.74 Å². The van der Waals surface area contributed by atoms with Crippen molar-refractivity contribution in [3.05, 3.63) is 0 Å². The van der Waals surface area contributed by atoms with Gasteiger partial charge in [0.05, 0.1) is 13.2 Å². The molecule has 2 heterocycles. The van der Waals surface area contributed by atoms with Gasteiger partial charge in [0.2, 0.25) is 0 Å². The van der Waals surface area contributed by atoms with Crippen molar-refractivity contribution >= 4 is 0 Å². The lowest BCUT2D eigenvalue weighted by Crippen LogP contribution is -2.55. The first-order valence-corrected chi connectivity index (χ1v) is 5.36. The standard InChI is InChI=1S/C11H21NO/c1-11(2,3)10-5-12(6-10)4-9-7-13-8-9/h9-10H,4-8H2,1-3H3. The summed E-state index contributed by atoms with van der Waals surface area (Å²) in [7, 11) is 0. The van der Waals surface area contributed by atoms with Gasteiger partial charge < -0.3 is 9.64 Å². The van der Waals surface area contributed by atoms with Gasteiger partial charge in [-0.3, -0.25) is 0 Å². The van der Waals surface area contributed by atoms with E-state index in [0.29, 0.717) is 5.41 Å². The summed E-state index contributed by atoms with van der Waals surface area (Å²) in [4.78, 5) is 2.57. The average molecular weight is 183 g/mol. The lowest BCUT2D eigenvalue weighted by atomic mass is 9.76. The average Bonchev–Trinajstić information content (AvgIpc) is 1.76. The number of likely N-dealkylation sites (tertiary alicyclic amines) is 1. The summed E-state index contributed by atoms with van der Waals surface area (Å²) in [5, 5.41) is 0. The van der Waals surface area contributed by atoms with Crippen molar-refractivity contribution in [3.8, 4) is 0 Å². The minimum Gasteiger partial charge on any atom is -0.381 e. The zero-order chi connectivity index (χ0) is 9.47. The van der Waals surface area contributed by atoms with Crippen molar-refractivity contribution in [2.45, 2.75) is 20.8 Å². The van der Waals surface area contributed by atoms with Gasteiger partial charge in [0, 0.05) is 25.6 Å². The molecule has 0 N–H and O–H groups in total. The van der Waals surface area contributed by atoms with Crippen LogP contribution in [0.4, 0.5) is 0 Å². The topological polar surface area (TPSA) is 12.5 Å². The maximum atomic E-state index is 5.17. The number of ether oxygens (including phenoxy) is 1. The van der Waals surface area contributed by atoms with E-state index in [1.54, 1.807) is 0 Å². The highest BCUT2D eigenvalue weighted by atomic mass is 16.5. The van der Waals surface area contributed by atoms with E-state index in [1.807, 2.05) is 0 Å². The third-order valence-electron chi connectivity index (χ3n) is 3.41. The monoisotopic (exact) mass is 183 g/mol. The van der Waals surface area contributed by atoms with Crippen LogP contribution in [0.3, 0.4) is 0 Å². The third-order valence-corrected chi connectivity index (χ3v) is 3.41. The Bertz CT molecular complexity index is 175. The summed E-state index contributed by atoms with van der Waals surface area (Å²) in [6, 6.07) is 0. The van der Waals surface area contributed by atoms with E-state index in [1.165, 1.54) is 19.6 Å². The van der Waals surface area contributed by atoms with Crippen LogP contribution in [-0.4, -0.2) is 37.7 Å². The first kappa shape index (κ1) is 9.47. The van der Waals surface area contributed by atoms with Crippen molar-refractivity contribution in [2.75, 3.05) is 32.8 Å². The smallest absolute Gasteiger partial charge is 0.0528 e. The summed E-state index contributed by atoms with van der Waals surface area (Å²) in [5.41, 5.74) is 0.507. The maximum absolute atomic E-state index is 5.17. The van der Waals surface area contributed by atoms with Gasteiger partial charge in [0.1, 0.15) is 0 Å². The van der Waals surface area contributed by atoms with Gasteiger partial charge in [-0.05, 0) is 11.3 Å². The van der Waals surface area contributed by atoms with Gasteiger partial charge in [-0.25, -0.2) is 0 Å². The normalized spacial score (nSPS) is 27.0. The Morgan fingerprint density at radius 2 is 1.85 bits per heavy atom. The molecule has 0 saturated carbocycles. The molecule has 0 aromatic carbocycles. The van der Waals surface area contributed by atoms with E-state index in [0.717, 1.165) is 25.0 Å². The molecular formula is C11H21NO. The second-order valence-electron chi connectivity index (χ2n) is 5.68. The molecule has 2 fully saturated rings. The molecule has 0 unspecified atom stereocenters. The van der Waals surface area contributed by atoms with Crippen molar-refractivity contribution in [1.29, 1.82) is 0 Å². The summed E-state index contributed by atoms with van der Waals surface area (Å²) in [5.74, 6) is 1.74. The molecule has 0 spiro atoms. The number of nitrogens with zero attached hydrogens (tertiary/aromatic N) is 1. The van der Waals surface area contributed by atoms with E-state index in [4.69, 9.17) is 4.74 Å². The second-order valence-corrected chi connectivity index (χ2v) is 5.68. The Morgan fingerprint density at radius 1 is 1.23 bits per heavy atom. The fourth-order valence-corrected chi connectivity index (χ4v) is 2.02. The summed E-state index contributed by atoms with van der Waals surface area (Å²) < 4.78 is 5.17. The summed E-state index contributed by atoms with van der Waals surface area (Å²) in [6.45, 7) is 12.9. The highest BCUT2D eigenvalue weighted by molar-refractivity contribution is 4.89. The Hall–Kier alpha value is -0.0800. The largest absolute Gasteiger partial charge is 0.381 e. The van der Waals surface area contributed by atoms with Crippen LogP contribution in [0, 0.1) is 17.3 Å². The molecular weight excluding hydrogens is 162 g/mol. The molecule has 0 radical (unpaired) electrons. The predicted octanol–water partition coefficient (Wildman–Crippen LogP) is 1.61. The van der Waals surface area contributed by atoms with E-state index in [-0.39, 0.29) is 0 Å². The molecule has 0 aromatic rings. The van der Waals surface area contributed by atoms with Gasteiger partial charge in [0.15, 0.2) is 0 Å². The van der Waals surface area contributed by atoms with E-state index < -0.39 is 0 Å². The minimum absolute atomic E-state index is 0.507. The van der Waals surface area contributed by atoms with E-state index >= 15 is 0 Å². The molecule has 0 aromatic heterocycles. The maximum Gasteiger partial charge on any atom is 0.0528 e. The van der Waals surface area contributed by atoms with Crippen molar-refractivity contribution in [2.24, 2.45) is 17.3 Å². The van der Waals surface area contributed by atoms with Gasteiger partial charge >= 0.3 is 0 Å². The summed E-state index contributed by atoms with van der Waals surface area (Å²) >= 11 is 0. The van der Waals surface area contributed by atoms with Gasteiger partial charge in [-0.2, -0.15) is 0 Å². The molecule has 76 valence electrons. The van der Waals surface area contributed by atoms with Crippen LogP contribution in [0.1, 0.15) is 20.8 Å². The Labute approximate surface area is 81.3 Å². The molecule has 0 bridgehead atoms. The lowest BCUT2D eigenvalue weighted by molar-refractivity contribution is -0.0721. The molecule has 13 heavy (non-hydrogen) atoms. The molecule has 2 saturated heterocycles. The molecule has 0 amide bonds. The van der Waals surface area contributed by atoms with Crippen LogP contribution in [-0.2, 0) is 4.74 Å². The zero-order valence-electron chi connectivity index (χ0n) is 9.05. The molecule has 2 rings (SSSR count). The summed E-state index contributed by atoms with van der Waals surface area (Å²) in [6.07, 6.45) is 0. The van der Waals surface area contributed by atoms with E-state index in [9.17, 15) is 0 Å². The van der Waals surface area contributed by atoms with Crippen LogP contribution in [0.2, 0.25) is 0 Å². The number of hydrogen-bond donors (Lipinski definition) is 0. The fourth-order valence-electron chi connectivity index (χ4n) is 2.02. The SMILES string of the molecule is CC(C)(C)C1CN(CC2COC2)C1. The fraction of sp³-hybridized carbons (Fsp3) is 1.00. The third kappa shape index (κ3) is 2.05. The second kappa shape index (κ2) is 3.25. The van der Waals surface area contributed by atoms with Gasteiger partial charge in [0.25, 0.3) is 0 Å². The Morgan fingerprint density at radius 3 is 2.23 bits per heavy atom. The van der Waals surface area contributed by atoms with Crippen LogP contribution < -0.4 is 0 Å². The lowest BCUT2D eigenvalue weighted by Gasteiger charge is -2.48. The van der Waals surface area contributed by atoms with Crippen molar-refractivity contribution in [1.82, 2.24) is 4.90 Å². The van der Waals surface area contributed by atoms with Crippen LogP contribution in [0.5, 0.6) is 0 Å². The van der Waals surface area contributed by atoms with E-state index in [2.05, 4.69) is 25.7 Å². The first-order chi connectivity index (χ1) is 6.05. The molecule has 2 nitrogen and oxygen atoms in total. The van der Waals surface area contributed by atoms with Crippen molar-refractivity contribution in [3.63, 3.8) is 0 Å². The van der Waals surface area contributed by atoms with Gasteiger partial charge in [-0.15, -0.1) is 0 Å². The van der Waals surface area contributed by atoms with Crippen LogP contribution in [0.25, 0.3) is 0 Å². The van der Waals surface area contributed by atoms with Crippen LogP contribution >= 0.6 is 0 Å². The minimum atomic E-state index is 0.507. The number of rotatable bonds is 2. The molecule has 0 aliphatic carbocycles. The Balaban J connectivity index is 1.66. The van der Waals surface area contributed by atoms with Crippen LogP contribution in [0.15, 0.2) is 0 Å². The highest BCUT2D eigenvalue weighted by Crippen LogP contribution is 2.34. The number of hydrogen-bond acceptors (Lipinski definition) is 2. The highest BCUT2D eigenvalue weighted by Gasteiger charge is 2.37. The quantitative estimate of drug-likeness (QED) is 0.645. The first-order valence-electron chi connectivity index (χ1n) is 5.36. The molecule has 2 aliphatic rings. The van der Waals surface area contributed by atoms with Gasteiger partial charge in [-0.1, -0.05) is 20.8 Å². The predicted molar refractivity (Wildman–Crippen MR) is 53.7 cm³/mol. The molecule has 2 aliphatic heterocycles. The Kier molecular flexibility index (Phi) is 2.37. The molecule has 0 atom stereocenters.